The number of hydrogen-bond donors (Lipinski definition) is 6. The first kappa shape index (κ1) is 38.0. The second-order valence-electron chi connectivity index (χ2n) is 11.9. The van der Waals surface area contributed by atoms with Gasteiger partial charge in [0.05, 0.1) is 45.3 Å². The number of carbonyl (C=O) groups is 1. The highest BCUT2D eigenvalue weighted by Gasteiger charge is 2.43. The second-order valence-corrected chi connectivity index (χ2v) is 11.9. The Morgan fingerprint density at radius 3 is 2.41 bits per heavy atom. The molecule has 0 spiro atoms. The number of amides is 1. The number of benzene rings is 2. The number of fused-ring (bicyclic) bond motifs is 1. The molecule has 2 saturated heterocycles. The smallest absolute Gasteiger partial charge is 0.262 e. The lowest BCUT2D eigenvalue weighted by Crippen LogP contribution is -2.59. The van der Waals surface area contributed by atoms with E-state index in [9.17, 15) is 25.4 Å². The quantitative estimate of drug-likeness (QED) is 0.0731. The summed E-state index contributed by atoms with van der Waals surface area (Å²) in [5.41, 5.74) is 8.35. The van der Waals surface area contributed by atoms with Crippen LogP contribution in [0.1, 0.15) is 24.8 Å². The average Bonchev–Trinajstić information content (AvgIpc) is 3.12. The van der Waals surface area contributed by atoms with Crippen LogP contribution >= 0.6 is 0 Å². The lowest BCUT2D eigenvalue weighted by molar-refractivity contribution is -0.288. The van der Waals surface area contributed by atoms with Crippen molar-refractivity contribution in [2.75, 3.05) is 77.8 Å². The van der Waals surface area contributed by atoms with E-state index in [4.69, 9.17) is 29.4 Å². The van der Waals surface area contributed by atoms with Gasteiger partial charge in [0.25, 0.3) is 5.91 Å². The molecule has 0 bridgehead atoms. The van der Waals surface area contributed by atoms with E-state index in [-0.39, 0.29) is 31.9 Å². The number of nitrogens with zero attached hydrogens (tertiary/aromatic N) is 2. The fraction of sp³-hybridized carbons (Fsp3) is 0.543. The second kappa shape index (κ2) is 20.0. The van der Waals surface area contributed by atoms with Crippen molar-refractivity contribution in [3.8, 4) is 6.07 Å². The SMILES string of the molecule is COC1OC(CN/C=C(\N)COCCOCCOCCNC(=O)/C(C#N)=C/c2ccc3cc(N4CCCCC4)ccc3c2)C(O)C(O)C1O. The molecular formula is C35H49N5O9. The number of ether oxygens (including phenoxy) is 5. The monoisotopic (exact) mass is 683 g/mol. The molecular weight excluding hydrogens is 634 g/mol. The van der Waals surface area contributed by atoms with Crippen LogP contribution in [0.5, 0.6) is 0 Å². The Bertz CT molecular complexity index is 1440. The molecule has 0 radical (unpaired) electrons. The van der Waals surface area contributed by atoms with Gasteiger partial charge in [-0.2, -0.15) is 5.26 Å². The molecule has 268 valence electrons. The van der Waals surface area contributed by atoms with Crippen LogP contribution < -0.4 is 21.3 Å². The fourth-order valence-electron chi connectivity index (χ4n) is 5.60. The molecule has 2 aromatic carbocycles. The zero-order chi connectivity index (χ0) is 35.0. The van der Waals surface area contributed by atoms with Crippen LogP contribution in [0, 0.1) is 11.3 Å². The summed E-state index contributed by atoms with van der Waals surface area (Å²) in [5.74, 6) is -0.457. The number of rotatable bonds is 18. The van der Waals surface area contributed by atoms with Crippen molar-refractivity contribution in [2.24, 2.45) is 5.73 Å². The number of aliphatic hydroxyl groups excluding tert-OH is 3. The van der Waals surface area contributed by atoms with Crippen LogP contribution in [-0.4, -0.2) is 125 Å². The van der Waals surface area contributed by atoms with E-state index in [0.717, 1.165) is 29.4 Å². The van der Waals surface area contributed by atoms with Gasteiger partial charge >= 0.3 is 0 Å². The Hall–Kier alpha value is -3.78. The van der Waals surface area contributed by atoms with Crippen LogP contribution in [0.25, 0.3) is 16.8 Å². The minimum absolute atomic E-state index is 0.0247. The first-order valence-electron chi connectivity index (χ1n) is 16.6. The minimum atomic E-state index is -1.40. The van der Waals surface area contributed by atoms with Gasteiger partial charge in [-0.1, -0.05) is 18.2 Å². The molecule has 4 rings (SSSR count). The predicted octanol–water partition coefficient (Wildman–Crippen LogP) is 0.747. The predicted molar refractivity (Wildman–Crippen MR) is 183 cm³/mol. The number of methoxy groups -OCH3 is 1. The standard InChI is InChI=1S/C35H49N5O9/c1-45-35-33(43)32(42)31(41)30(49-35)22-38-21-28(37)23-48-16-15-47-14-13-46-12-9-39-34(44)27(20-36)18-24-5-6-26-19-29(8-7-25(26)17-24)40-10-3-2-4-11-40/h5-8,17-19,21,30-33,35,38,41-43H,2-4,9-16,22-23,37H2,1H3,(H,39,44)/b27-18+,28-21-. The molecule has 2 heterocycles. The number of nitriles is 1. The third-order valence-electron chi connectivity index (χ3n) is 8.30. The lowest BCUT2D eigenvalue weighted by atomic mass is 9.99. The molecule has 7 N–H and O–H groups in total. The first-order valence-corrected chi connectivity index (χ1v) is 16.6. The van der Waals surface area contributed by atoms with Gasteiger partial charge in [-0.05, 0) is 59.9 Å². The van der Waals surface area contributed by atoms with E-state index in [1.165, 1.54) is 38.3 Å². The Kier molecular flexibility index (Phi) is 15.5. The third kappa shape index (κ3) is 11.7. The molecule has 5 atom stereocenters. The summed E-state index contributed by atoms with van der Waals surface area (Å²) >= 11 is 0. The number of aliphatic hydroxyl groups is 3. The summed E-state index contributed by atoms with van der Waals surface area (Å²) in [6.07, 6.45) is 0.936. The Balaban J connectivity index is 1.04. The van der Waals surface area contributed by atoms with E-state index in [0.29, 0.717) is 32.1 Å². The molecule has 2 aromatic rings. The topological polar surface area (TPSA) is 201 Å². The van der Waals surface area contributed by atoms with Crippen molar-refractivity contribution in [3.63, 3.8) is 0 Å². The summed E-state index contributed by atoms with van der Waals surface area (Å²) in [7, 11) is 1.33. The minimum Gasteiger partial charge on any atom is -0.399 e. The van der Waals surface area contributed by atoms with Crippen LogP contribution in [0.2, 0.25) is 0 Å². The van der Waals surface area contributed by atoms with E-state index in [1.807, 2.05) is 24.3 Å². The normalized spacial score (nSPS) is 23.3. The zero-order valence-corrected chi connectivity index (χ0v) is 28.0. The highest BCUT2D eigenvalue weighted by atomic mass is 16.7. The summed E-state index contributed by atoms with van der Waals surface area (Å²) in [6, 6.07) is 14.3. The van der Waals surface area contributed by atoms with Crippen LogP contribution in [-0.2, 0) is 28.5 Å². The number of anilines is 1. The number of nitrogens with two attached hydrogens (primary N) is 1. The number of carbonyl (C=O) groups excluding carboxylic acids is 1. The molecule has 49 heavy (non-hydrogen) atoms. The maximum Gasteiger partial charge on any atom is 0.262 e. The lowest BCUT2D eigenvalue weighted by Gasteiger charge is -2.39. The van der Waals surface area contributed by atoms with Crippen LogP contribution in [0.3, 0.4) is 0 Å². The van der Waals surface area contributed by atoms with Gasteiger partial charge in [-0.3, -0.25) is 4.79 Å². The van der Waals surface area contributed by atoms with Crippen molar-refractivity contribution in [1.29, 1.82) is 5.26 Å². The van der Waals surface area contributed by atoms with Gasteiger partial charge in [-0.15, -0.1) is 0 Å². The molecule has 2 aliphatic rings. The van der Waals surface area contributed by atoms with E-state index in [2.05, 4.69) is 33.7 Å². The van der Waals surface area contributed by atoms with Gasteiger partial charge in [0.1, 0.15) is 36.1 Å². The van der Waals surface area contributed by atoms with E-state index < -0.39 is 36.6 Å². The zero-order valence-electron chi connectivity index (χ0n) is 28.0. The molecule has 0 aliphatic carbocycles. The average molecular weight is 684 g/mol. The molecule has 2 fully saturated rings. The summed E-state index contributed by atoms with van der Waals surface area (Å²) in [6.45, 7) is 4.24. The number of nitrogens with one attached hydrogen (secondary N) is 2. The Morgan fingerprint density at radius 1 is 0.980 bits per heavy atom. The third-order valence-corrected chi connectivity index (χ3v) is 8.30. The van der Waals surface area contributed by atoms with Crippen molar-refractivity contribution < 1.29 is 43.8 Å². The van der Waals surface area contributed by atoms with Crippen LogP contribution in [0.15, 0.2) is 53.9 Å². The molecule has 5 unspecified atom stereocenters. The number of hydrogen-bond acceptors (Lipinski definition) is 13. The molecule has 0 aromatic heterocycles. The molecule has 14 nitrogen and oxygen atoms in total. The molecule has 2 aliphatic heterocycles. The van der Waals surface area contributed by atoms with Gasteiger partial charge in [-0.25, -0.2) is 0 Å². The van der Waals surface area contributed by atoms with E-state index >= 15 is 0 Å². The number of piperidine rings is 1. The van der Waals surface area contributed by atoms with Gasteiger partial charge in [0.2, 0.25) is 0 Å². The molecule has 1 amide bonds. The maximum atomic E-state index is 12.6. The summed E-state index contributed by atoms with van der Waals surface area (Å²) in [4.78, 5) is 15.0. The largest absolute Gasteiger partial charge is 0.399 e. The van der Waals surface area contributed by atoms with Crippen molar-refractivity contribution in [3.05, 3.63) is 59.4 Å². The highest BCUT2D eigenvalue weighted by molar-refractivity contribution is 6.02. The van der Waals surface area contributed by atoms with Gasteiger partial charge in [0.15, 0.2) is 6.29 Å². The first-order chi connectivity index (χ1) is 23.8. The van der Waals surface area contributed by atoms with Gasteiger partial charge in [0, 0.05) is 45.2 Å². The van der Waals surface area contributed by atoms with Crippen molar-refractivity contribution in [1.82, 2.24) is 10.6 Å². The van der Waals surface area contributed by atoms with Gasteiger partial charge < -0.3 is 60.3 Å². The van der Waals surface area contributed by atoms with Crippen LogP contribution in [0.4, 0.5) is 5.69 Å². The summed E-state index contributed by atoms with van der Waals surface area (Å²) in [5, 5.41) is 47.2. The molecule has 14 heteroatoms. The highest BCUT2D eigenvalue weighted by Crippen LogP contribution is 2.26. The van der Waals surface area contributed by atoms with Crippen molar-refractivity contribution in [2.45, 2.75) is 50.0 Å². The Labute approximate surface area is 287 Å². The maximum absolute atomic E-state index is 12.6. The van der Waals surface area contributed by atoms with Crippen molar-refractivity contribution >= 4 is 28.4 Å². The van der Waals surface area contributed by atoms with E-state index in [1.54, 1.807) is 6.08 Å². The Morgan fingerprint density at radius 2 is 1.67 bits per heavy atom. The fourth-order valence-corrected chi connectivity index (χ4v) is 5.60. The molecule has 0 saturated carbocycles. The summed E-state index contributed by atoms with van der Waals surface area (Å²) < 4.78 is 26.9.